The van der Waals surface area contributed by atoms with Crippen molar-refractivity contribution in [1.82, 2.24) is 24.5 Å². The quantitative estimate of drug-likeness (QED) is 0.476. The van der Waals surface area contributed by atoms with Crippen LogP contribution in [0, 0.1) is 0 Å². The third-order valence-electron chi connectivity index (χ3n) is 6.24. The molecule has 166 valence electrons. The molecular formula is C20H37N5O4. The van der Waals surface area contributed by atoms with Crippen LogP contribution >= 0.6 is 0 Å². The maximum absolute atomic E-state index is 12.2. The maximum Gasteiger partial charge on any atom is 0.410 e. The first-order valence-corrected chi connectivity index (χ1v) is 10.9. The molecule has 3 saturated heterocycles. The van der Waals surface area contributed by atoms with Gasteiger partial charge in [-0.3, -0.25) is 14.6 Å². The highest BCUT2D eigenvalue weighted by molar-refractivity contribution is 5.70. The van der Waals surface area contributed by atoms with Gasteiger partial charge in [0.15, 0.2) is 0 Å². The van der Waals surface area contributed by atoms with Crippen molar-refractivity contribution in [1.29, 1.82) is 0 Å². The second-order valence-corrected chi connectivity index (χ2v) is 8.42. The summed E-state index contributed by atoms with van der Waals surface area (Å²) in [7, 11) is 3.59. The molecule has 3 rings (SSSR count). The van der Waals surface area contributed by atoms with Gasteiger partial charge in [0.1, 0.15) is 6.10 Å². The van der Waals surface area contributed by atoms with E-state index >= 15 is 0 Å². The molecule has 1 amide bonds. The molecule has 3 fully saturated rings. The molecule has 0 N–H and O–H groups in total. The van der Waals surface area contributed by atoms with Crippen molar-refractivity contribution in [2.24, 2.45) is 0 Å². The molecule has 0 aliphatic carbocycles. The maximum atomic E-state index is 12.2. The first kappa shape index (κ1) is 22.3. The van der Waals surface area contributed by atoms with Gasteiger partial charge in [0, 0.05) is 78.4 Å². The van der Waals surface area contributed by atoms with Crippen molar-refractivity contribution in [2.75, 3.05) is 99.2 Å². The number of esters is 1. The SMILES string of the molecule is COC(=O)CCCN1CCN(CC2CN(CCN3CCN(C)CC3)C(=O)O2)CC1. The Morgan fingerprint density at radius 3 is 2.28 bits per heavy atom. The van der Waals surface area contributed by atoms with E-state index in [0.717, 1.165) is 85.0 Å². The number of ether oxygens (including phenoxy) is 2. The molecule has 3 aliphatic rings. The van der Waals surface area contributed by atoms with Gasteiger partial charge in [0.05, 0.1) is 13.7 Å². The summed E-state index contributed by atoms with van der Waals surface area (Å²) in [6.07, 6.45) is 1.14. The molecule has 3 heterocycles. The number of nitrogens with zero attached hydrogens (tertiary/aromatic N) is 5. The summed E-state index contributed by atoms with van der Waals surface area (Å²) < 4.78 is 10.3. The molecule has 9 heteroatoms. The summed E-state index contributed by atoms with van der Waals surface area (Å²) in [6.45, 7) is 12.4. The minimum absolute atomic E-state index is 0.0270. The van der Waals surface area contributed by atoms with Crippen LogP contribution < -0.4 is 0 Å². The van der Waals surface area contributed by atoms with Crippen LogP contribution in [0.25, 0.3) is 0 Å². The topological polar surface area (TPSA) is 68.8 Å². The van der Waals surface area contributed by atoms with Crippen molar-refractivity contribution in [2.45, 2.75) is 18.9 Å². The summed E-state index contributed by atoms with van der Waals surface area (Å²) in [5, 5.41) is 0. The predicted molar refractivity (Wildman–Crippen MR) is 110 cm³/mol. The van der Waals surface area contributed by atoms with Gasteiger partial charge in [-0.25, -0.2) is 4.79 Å². The predicted octanol–water partition coefficient (Wildman–Crippen LogP) is -0.375. The summed E-state index contributed by atoms with van der Waals surface area (Å²) in [5.74, 6) is -0.135. The van der Waals surface area contributed by atoms with Crippen LogP contribution in [0.2, 0.25) is 0 Å². The summed E-state index contributed by atoms with van der Waals surface area (Å²) in [6, 6.07) is 0. The number of rotatable bonds is 9. The number of carbonyl (C=O) groups is 2. The molecule has 0 aromatic heterocycles. The zero-order valence-electron chi connectivity index (χ0n) is 18.1. The fourth-order valence-electron chi connectivity index (χ4n) is 4.22. The largest absolute Gasteiger partial charge is 0.469 e. The van der Waals surface area contributed by atoms with E-state index in [1.54, 1.807) is 0 Å². The molecule has 0 saturated carbocycles. The van der Waals surface area contributed by atoms with Crippen LogP contribution in [0.5, 0.6) is 0 Å². The summed E-state index contributed by atoms with van der Waals surface area (Å²) in [5.41, 5.74) is 0. The lowest BCUT2D eigenvalue weighted by atomic mass is 10.2. The lowest BCUT2D eigenvalue weighted by Crippen LogP contribution is -2.49. The smallest absolute Gasteiger partial charge is 0.410 e. The monoisotopic (exact) mass is 411 g/mol. The molecule has 0 bridgehead atoms. The lowest BCUT2D eigenvalue weighted by Gasteiger charge is -2.35. The molecule has 29 heavy (non-hydrogen) atoms. The van der Waals surface area contributed by atoms with Gasteiger partial charge in [0.25, 0.3) is 0 Å². The molecule has 3 aliphatic heterocycles. The zero-order valence-corrected chi connectivity index (χ0v) is 18.1. The van der Waals surface area contributed by atoms with Crippen LogP contribution in [0.4, 0.5) is 4.79 Å². The van der Waals surface area contributed by atoms with E-state index in [4.69, 9.17) is 4.74 Å². The summed E-state index contributed by atoms with van der Waals surface area (Å²) in [4.78, 5) is 34.8. The Balaban J connectivity index is 1.29. The van der Waals surface area contributed by atoms with Crippen LogP contribution in [-0.4, -0.2) is 142 Å². The molecule has 0 radical (unpaired) electrons. The van der Waals surface area contributed by atoms with E-state index in [-0.39, 0.29) is 18.2 Å². The molecule has 0 aromatic carbocycles. The standard InChI is InChI=1S/C20H37N5O4/c1-21-6-8-23(9-7-21)14-15-25-17-18(29-20(25)27)16-24-12-10-22(11-13-24)5-3-4-19(26)28-2/h18H,3-17H2,1-2H3. The van der Waals surface area contributed by atoms with Gasteiger partial charge >= 0.3 is 12.1 Å². The molecule has 9 nitrogen and oxygen atoms in total. The lowest BCUT2D eigenvalue weighted by molar-refractivity contribution is -0.140. The van der Waals surface area contributed by atoms with Crippen molar-refractivity contribution in [3.63, 3.8) is 0 Å². The number of hydrogen-bond donors (Lipinski definition) is 0. The first-order valence-electron chi connectivity index (χ1n) is 10.9. The van der Waals surface area contributed by atoms with Crippen LogP contribution in [0.15, 0.2) is 0 Å². The Morgan fingerprint density at radius 2 is 1.59 bits per heavy atom. The third kappa shape index (κ3) is 7.09. The minimum Gasteiger partial charge on any atom is -0.469 e. The Kier molecular flexibility index (Phi) is 8.53. The fourth-order valence-corrected chi connectivity index (χ4v) is 4.22. The van der Waals surface area contributed by atoms with Crippen LogP contribution in [-0.2, 0) is 14.3 Å². The minimum atomic E-state index is -0.162. The van der Waals surface area contributed by atoms with Gasteiger partial charge in [0.2, 0.25) is 0 Å². The van der Waals surface area contributed by atoms with E-state index in [1.807, 2.05) is 4.90 Å². The number of amides is 1. The summed E-state index contributed by atoms with van der Waals surface area (Å²) >= 11 is 0. The van der Waals surface area contributed by atoms with E-state index in [9.17, 15) is 9.59 Å². The Bertz CT molecular complexity index is 533. The highest BCUT2D eigenvalue weighted by Gasteiger charge is 2.33. The van der Waals surface area contributed by atoms with E-state index < -0.39 is 0 Å². The fraction of sp³-hybridized carbons (Fsp3) is 0.900. The van der Waals surface area contributed by atoms with E-state index in [0.29, 0.717) is 13.0 Å². The number of methoxy groups -OCH3 is 1. The first-order chi connectivity index (χ1) is 14.0. The average molecular weight is 412 g/mol. The van der Waals surface area contributed by atoms with Gasteiger partial charge in [-0.1, -0.05) is 0 Å². The molecule has 0 aromatic rings. The van der Waals surface area contributed by atoms with Gasteiger partial charge < -0.3 is 24.2 Å². The Morgan fingerprint density at radius 1 is 0.966 bits per heavy atom. The molecule has 1 atom stereocenters. The Hall–Kier alpha value is -1.42. The van der Waals surface area contributed by atoms with E-state index in [2.05, 4.69) is 31.4 Å². The zero-order chi connectivity index (χ0) is 20.6. The number of piperazine rings is 2. The molecule has 0 spiro atoms. The van der Waals surface area contributed by atoms with Crippen molar-refractivity contribution in [3.8, 4) is 0 Å². The number of hydrogen-bond acceptors (Lipinski definition) is 8. The van der Waals surface area contributed by atoms with Crippen molar-refractivity contribution < 1.29 is 19.1 Å². The van der Waals surface area contributed by atoms with Crippen LogP contribution in [0.3, 0.4) is 0 Å². The average Bonchev–Trinajstić information content (AvgIpc) is 3.07. The highest BCUT2D eigenvalue weighted by atomic mass is 16.6. The van der Waals surface area contributed by atoms with E-state index in [1.165, 1.54) is 7.11 Å². The van der Waals surface area contributed by atoms with Crippen molar-refractivity contribution >= 4 is 12.1 Å². The van der Waals surface area contributed by atoms with Gasteiger partial charge in [-0.15, -0.1) is 0 Å². The second kappa shape index (κ2) is 11.1. The van der Waals surface area contributed by atoms with Gasteiger partial charge in [-0.2, -0.15) is 0 Å². The van der Waals surface area contributed by atoms with Crippen molar-refractivity contribution in [3.05, 3.63) is 0 Å². The number of cyclic esters (lactones) is 1. The number of likely N-dealkylation sites (N-methyl/N-ethyl adjacent to an activating group) is 1. The normalized spacial score (nSPS) is 25.4. The number of carbonyl (C=O) groups excluding carboxylic acids is 2. The molecule has 1 unspecified atom stereocenters. The molecular weight excluding hydrogens is 374 g/mol. The van der Waals surface area contributed by atoms with Gasteiger partial charge in [-0.05, 0) is 20.0 Å². The Labute approximate surface area is 174 Å². The van der Waals surface area contributed by atoms with Crippen LogP contribution in [0.1, 0.15) is 12.8 Å². The highest BCUT2D eigenvalue weighted by Crippen LogP contribution is 2.14. The second-order valence-electron chi connectivity index (χ2n) is 8.42. The third-order valence-corrected chi connectivity index (χ3v) is 6.24.